The summed E-state index contributed by atoms with van der Waals surface area (Å²) in [6.07, 6.45) is 1.07. The molecule has 0 atom stereocenters. The minimum absolute atomic E-state index is 0.104. The van der Waals surface area contributed by atoms with Crippen LogP contribution in [0.5, 0.6) is 0 Å². The molecule has 2 aliphatic rings. The summed E-state index contributed by atoms with van der Waals surface area (Å²) in [5.41, 5.74) is 3.60. The van der Waals surface area contributed by atoms with E-state index < -0.39 is 6.09 Å². The second kappa shape index (κ2) is 6.58. The molecule has 0 radical (unpaired) electrons. The highest BCUT2D eigenvalue weighted by atomic mass is 16.4. The monoisotopic (exact) mass is 317 g/mol. The Morgan fingerprint density at radius 1 is 1.13 bits per heavy atom. The summed E-state index contributed by atoms with van der Waals surface area (Å²) in [6, 6.07) is 6.38. The lowest BCUT2D eigenvalue weighted by atomic mass is 10.1. The second-order valence-corrected chi connectivity index (χ2v) is 6.24. The van der Waals surface area contributed by atoms with E-state index in [0.29, 0.717) is 13.1 Å². The van der Waals surface area contributed by atoms with Gasteiger partial charge in [0.1, 0.15) is 0 Å². The van der Waals surface area contributed by atoms with E-state index in [2.05, 4.69) is 23.1 Å². The third kappa shape index (κ3) is 3.47. The topological polar surface area (TPSA) is 64.1 Å². The van der Waals surface area contributed by atoms with Gasteiger partial charge < -0.3 is 14.9 Å². The highest BCUT2D eigenvalue weighted by molar-refractivity contribution is 5.93. The van der Waals surface area contributed by atoms with Crippen LogP contribution in [0.1, 0.15) is 18.1 Å². The number of hydrogen-bond acceptors (Lipinski definition) is 3. The van der Waals surface area contributed by atoms with Crippen LogP contribution in [0.15, 0.2) is 18.2 Å². The van der Waals surface area contributed by atoms with Crippen LogP contribution in [0.2, 0.25) is 0 Å². The Labute approximate surface area is 136 Å². The molecule has 0 bridgehead atoms. The average molecular weight is 317 g/mol. The zero-order valence-electron chi connectivity index (χ0n) is 13.5. The van der Waals surface area contributed by atoms with Gasteiger partial charge >= 0.3 is 6.09 Å². The predicted octanol–water partition coefficient (Wildman–Crippen LogP) is 1.43. The fourth-order valence-corrected chi connectivity index (χ4v) is 3.39. The van der Waals surface area contributed by atoms with E-state index in [4.69, 9.17) is 5.11 Å². The molecule has 2 amide bonds. The number of rotatable bonds is 3. The van der Waals surface area contributed by atoms with Crippen LogP contribution in [0.25, 0.3) is 0 Å². The summed E-state index contributed by atoms with van der Waals surface area (Å²) in [7, 11) is 0. The quantitative estimate of drug-likeness (QED) is 0.916. The molecule has 23 heavy (non-hydrogen) atoms. The molecule has 0 saturated carbocycles. The lowest BCUT2D eigenvalue weighted by molar-refractivity contribution is -0.116. The van der Waals surface area contributed by atoms with Crippen LogP contribution in [0.3, 0.4) is 0 Å². The third-order valence-electron chi connectivity index (χ3n) is 4.78. The van der Waals surface area contributed by atoms with Crippen LogP contribution in [0, 0.1) is 0 Å². The number of anilines is 1. The number of carbonyl (C=O) groups is 2. The maximum absolute atomic E-state index is 11.6. The Bertz CT molecular complexity index is 609. The largest absolute Gasteiger partial charge is 0.465 e. The van der Waals surface area contributed by atoms with Crippen LogP contribution >= 0.6 is 0 Å². The van der Waals surface area contributed by atoms with Crippen molar-refractivity contribution in [1.29, 1.82) is 0 Å². The normalized spacial score (nSPS) is 18.1. The van der Waals surface area contributed by atoms with Gasteiger partial charge in [0.2, 0.25) is 5.91 Å². The standard InChI is InChI=1S/C17H23N3O3/c1-13(21)20-7-5-15-12-14(2-3-16(15)20)4-6-18-8-10-19(11-9-18)17(22)23/h2-3,12H,4-11H2,1H3,(H,22,23). The van der Waals surface area contributed by atoms with Gasteiger partial charge in [-0.25, -0.2) is 4.79 Å². The molecule has 1 fully saturated rings. The van der Waals surface area contributed by atoms with Gasteiger partial charge in [0, 0.05) is 51.9 Å². The van der Waals surface area contributed by atoms with Crippen molar-refractivity contribution in [2.75, 3.05) is 44.2 Å². The third-order valence-corrected chi connectivity index (χ3v) is 4.78. The van der Waals surface area contributed by atoms with E-state index in [1.165, 1.54) is 16.0 Å². The Morgan fingerprint density at radius 3 is 2.52 bits per heavy atom. The van der Waals surface area contributed by atoms with Crippen LogP contribution in [-0.2, 0) is 17.6 Å². The predicted molar refractivity (Wildman–Crippen MR) is 87.9 cm³/mol. The molecule has 0 spiro atoms. The first-order valence-electron chi connectivity index (χ1n) is 8.15. The molecule has 3 rings (SSSR count). The first-order valence-corrected chi connectivity index (χ1v) is 8.15. The summed E-state index contributed by atoms with van der Waals surface area (Å²) in [6.45, 7) is 6.12. The van der Waals surface area contributed by atoms with E-state index in [9.17, 15) is 9.59 Å². The molecule has 0 aliphatic carbocycles. The molecule has 0 unspecified atom stereocenters. The van der Waals surface area contributed by atoms with Crippen molar-refractivity contribution in [3.63, 3.8) is 0 Å². The summed E-state index contributed by atoms with van der Waals surface area (Å²) in [5, 5.41) is 8.96. The van der Waals surface area contributed by atoms with Crippen molar-refractivity contribution in [3.8, 4) is 0 Å². The average Bonchev–Trinajstić information content (AvgIpc) is 2.96. The van der Waals surface area contributed by atoms with E-state index in [0.717, 1.165) is 44.7 Å². The van der Waals surface area contributed by atoms with Gasteiger partial charge in [-0.15, -0.1) is 0 Å². The SMILES string of the molecule is CC(=O)N1CCc2cc(CCN3CCN(C(=O)O)CC3)ccc21. The van der Waals surface area contributed by atoms with Gasteiger partial charge in [0.05, 0.1) is 0 Å². The first kappa shape index (κ1) is 15.8. The minimum Gasteiger partial charge on any atom is -0.465 e. The van der Waals surface area contributed by atoms with E-state index in [1.54, 1.807) is 6.92 Å². The van der Waals surface area contributed by atoms with Crippen LogP contribution in [0.4, 0.5) is 10.5 Å². The van der Waals surface area contributed by atoms with Crippen molar-refractivity contribution < 1.29 is 14.7 Å². The number of benzene rings is 1. The number of nitrogens with zero attached hydrogens (tertiary/aromatic N) is 3. The molecule has 0 aromatic heterocycles. The summed E-state index contributed by atoms with van der Waals surface area (Å²) < 4.78 is 0. The number of fused-ring (bicyclic) bond motifs is 1. The Balaban J connectivity index is 1.54. The van der Waals surface area contributed by atoms with Crippen molar-refractivity contribution in [2.24, 2.45) is 0 Å². The van der Waals surface area contributed by atoms with E-state index >= 15 is 0 Å². The maximum atomic E-state index is 11.6. The highest BCUT2D eigenvalue weighted by Crippen LogP contribution is 2.29. The Kier molecular flexibility index (Phi) is 4.52. The van der Waals surface area contributed by atoms with Gasteiger partial charge in [-0.3, -0.25) is 9.69 Å². The van der Waals surface area contributed by atoms with Crippen molar-refractivity contribution in [1.82, 2.24) is 9.80 Å². The van der Waals surface area contributed by atoms with Crippen molar-refractivity contribution >= 4 is 17.7 Å². The van der Waals surface area contributed by atoms with Gasteiger partial charge in [-0.1, -0.05) is 12.1 Å². The number of amides is 2. The summed E-state index contributed by atoms with van der Waals surface area (Å²) in [4.78, 5) is 28.1. The molecule has 1 N–H and O–H groups in total. The lowest BCUT2D eigenvalue weighted by Crippen LogP contribution is -2.48. The molecule has 2 aliphatic heterocycles. The van der Waals surface area contributed by atoms with Crippen LogP contribution < -0.4 is 4.90 Å². The van der Waals surface area contributed by atoms with Gasteiger partial charge in [-0.05, 0) is 30.0 Å². The van der Waals surface area contributed by atoms with Gasteiger partial charge in [0.15, 0.2) is 0 Å². The van der Waals surface area contributed by atoms with Crippen LogP contribution in [-0.4, -0.2) is 66.2 Å². The molecule has 2 heterocycles. The number of carbonyl (C=O) groups excluding carboxylic acids is 1. The number of piperazine rings is 1. The fourth-order valence-electron chi connectivity index (χ4n) is 3.39. The minimum atomic E-state index is -0.821. The zero-order chi connectivity index (χ0) is 16.4. The molecule has 1 aromatic carbocycles. The van der Waals surface area contributed by atoms with Crippen molar-refractivity contribution in [2.45, 2.75) is 19.8 Å². The van der Waals surface area contributed by atoms with Gasteiger partial charge in [-0.2, -0.15) is 0 Å². The molecule has 1 saturated heterocycles. The molecule has 1 aromatic rings. The van der Waals surface area contributed by atoms with Gasteiger partial charge in [0.25, 0.3) is 0 Å². The summed E-state index contributed by atoms with van der Waals surface area (Å²) in [5.74, 6) is 0.104. The highest BCUT2D eigenvalue weighted by Gasteiger charge is 2.23. The number of hydrogen-bond donors (Lipinski definition) is 1. The lowest BCUT2D eigenvalue weighted by Gasteiger charge is -2.33. The Hall–Kier alpha value is -2.08. The van der Waals surface area contributed by atoms with Crippen molar-refractivity contribution in [3.05, 3.63) is 29.3 Å². The van der Waals surface area contributed by atoms with E-state index in [1.807, 2.05) is 4.90 Å². The summed E-state index contributed by atoms with van der Waals surface area (Å²) >= 11 is 0. The molecular weight excluding hydrogens is 294 g/mol. The number of carboxylic acid groups (broad SMARTS) is 1. The van der Waals surface area contributed by atoms with E-state index in [-0.39, 0.29) is 5.91 Å². The molecule has 124 valence electrons. The fraction of sp³-hybridized carbons (Fsp3) is 0.529. The molecule has 6 nitrogen and oxygen atoms in total. The maximum Gasteiger partial charge on any atom is 0.407 e. The smallest absolute Gasteiger partial charge is 0.407 e. The Morgan fingerprint density at radius 2 is 1.87 bits per heavy atom. The molecular formula is C17H23N3O3. The zero-order valence-corrected chi connectivity index (χ0v) is 13.5. The first-order chi connectivity index (χ1) is 11.0. The second-order valence-electron chi connectivity index (χ2n) is 6.24. The molecule has 6 heteroatoms.